The van der Waals surface area contributed by atoms with Crippen LogP contribution < -0.4 is 5.73 Å². The van der Waals surface area contributed by atoms with Crippen LogP contribution in [0, 0.1) is 5.92 Å². The molecule has 3 heteroatoms. The second-order valence-corrected chi connectivity index (χ2v) is 5.29. The molecule has 0 aromatic carbocycles. The molecule has 1 spiro atoms. The van der Waals surface area contributed by atoms with Crippen molar-refractivity contribution in [2.75, 3.05) is 13.2 Å². The molecule has 1 aliphatic heterocycles. The van der Waals surface area contributed by atoms with Crippen LogP contribution in [0.25, 0.3) is 0 Å². The number of Topliss-reactive ketones (excluding diaryl/α,β-unsaturated/α-hetero) is 1. The zero-order chi connectivity index (χ0) is 11.4. The summed E-state index contributed by atoms with van der Waals surface area (Å²) in [5.74, 6) is 0.575. The number of nitrogens with two attached hydrogens (primary N) is 1. The molecule has 2 aliphatic rings. The fourth-order valence-corrected chi connectivity index (χ4v) is 3.19. The van der Waals surface area contributed by atoms with Crippen LogP contribution in [0.3, 0.4) is 0 Å². The number of hydrogen-bond acceptors (Lipinski definition) is 3. The van der Waals surface area contributed by atoms with Crippen molar-refractivity contribution in [3.05, 3.63) is 0 Å². The lowest BCUT2D eigenvalue weighted by molar-refractivity contribution is -0.142. The average molecular weight is 225 g/mol. The molecule has 1 aliphatic carbocycles. The van der Waals surface area contributed by atoms with Gasteiger partial charge in [0.1, 0.15) is 5.78 Å². The van der Waals surface area contributed by atoms with E-state index in [1.165, 1.54) is 19.3 Å². The number of carbonyl (C=O) groups is 1. The van der Waals surface area contributed by atoms with Gasteiger partial charge in [0.25, 0.3) is 0 Å². The molecule has 0 amide bonds. The normalized spacial score (nSPS) is 29.2. The van der Waals surface area contributed by atoms with Crippen molar-refractivity contribution in [1.82, 2.24) is 0 Å². The van der Waals surface area contributed by atoms with E-state index in [9.17, 15) is 4.79 Å². The maximum absolute atomic E-state index is 11.9. The predicted molar refractivity (Wildman–Crippen MR) is 63.2 cm³/mol. The van der Waals surface area contributed by atoms with Gasteiger partial charge in [0.05, 0.1) is 5.60 Å². The minimum Gasteiger partial charge on any atom is -0.375 e. The van der Waals surface area contributed by atoms with E-state index < -0.39 is 0 Å². The Balaban J connectivity index is 1.94. The highest BCUT2D eigenvalue weighted by Gasteiger charge is 2.40. The van der Waals surface area contributed by atoms with Crippen LogP contribution in [0.4, 0.5) is 0 Å². The highest BCUT2D eigenvalue weighted by molar-refractivity contribution is 5.81. The number of carbonyl (C=O) groups excluding carboxylic acids is 1. The Bertz CT molecular complexity index is 241. The summed E-state index contributed by atoms with van der Waals surface area (Å²) in [6.45, 7) is 1.25. The lowest BCUT2D eigenvalue weighted by Gasteiger charge is -2.43. The Kier molecular flexibility index (Phi) is 3.98. The van der Waals surface area contributed by atoms with Crippen molar-refractivity contribution in [2.45, 2.75) is 57.0 Å². The highest BCUT2D eigenvalue weighted by atomic mass is 16.5. The van der Waals surface area contributed by atoms with E-state index in [-0.39, 0.29) is 11.5 Å². The molecule has 1 saturated heterocycles. The van der Waals surface area contributed by atoms with E-state index in [0.29, 0.717) is 18.7 Å². The molecular weight excluding hydrogens is 202 g/mol. The molecule has 2 N–H and O–H groups in total. The first-order chi connectivity index (χ1) is 7.76. The molecule has 1 saturated carbocycles. The summed E-state index contributed by atoms with van der Waals surface area (Å²) in [5.41, 5.74) is 5.50. The fourth-order valence-electron chi connectivity index (χ4n) is 3.19. The van der Waals surface area contributed by atoms with Crippen LogP contribution in [0.15, 0.2) is 0 Å². The van der Waals surface area contributed by atoms with Gasteiger partial charge in [-0.1, -0.05) is 19.3 Å². The van der Waals surface area contributed by atoms with Gasteiger partial charge in [-0.25, -0.2) is 0 Å². The zero-order valence-corrected chi connectivity index (χ0v) is 10.0. The van der Waals surface area contributed by atoms with Gasteiger partial charge in [0, 0.05) is 18.9 Å². The summed E-state index contributed by atoms with van der Waals surface area (Å²) in [7, 11) is 0. The number of hydrogen-bond donors (Lipinski definition) is 1. The van der Waals surface area contributed by atoms with Crippen LogP contribution in [0.5, 0.6) is 0 Å². The van der Waals surface area contributed by atoms with Crippen molar-refractivity contribution in [3.8, 4) is 0 Å². The van der Waals surface area contributed by atoms with E-state index >= 15 is 0 Å². The Labute approximate surface area is 97.7 Å². The second kappa shape index (κ2) is 5.28. The highest BCUT2D eigenvalue weighted by Crippen LogP contribution is 2.40. The third kappa shape index (κ3) is 2.64. The number of rotatable bonds is 3. The first-order valence-corrected chi connectivity index (χ1v) is 6.62. The fraction of sp³-hybridized carbons (Fsp3) is 0.923. The maximum atomic E-state index is 11.9. The summed E-state index contributed by atoms with van der Waals surface area (Å²) in [5, 5.41) is 0. The Morgan fingerprint density at radius 3 is 2.75 bits per heavy atom. The molecule has 1 atom stereocenters. The minimum absolute atomic E-state index is 0.0470. The van der Waals surface area contributed by atoms with Gasteiger partial charge in [-0.2, -0.15) is 0 Å². The van der Waals surface area contributed by atoms with Gasteiger partial charge in [0.15, 0.2) is 0 Å². The lowest BCUT2D eigenvalue weighted by Crippen LogP contribution is -2.43. The maximum Gasteiger partial charge on any atom is 0.137 e. The van der Waals surface area contributed by atoms with E-state index in [0.717, 1.165) is 32.3 Å². The summed E-state index contributed by atoms with van der Waals surface area (Å²) in [4.78, 5) is 11.9. The zero-order valence-electron chi connectivity index (χ0n) is 10.0. The molecule has 1 heterocycles. The molecule has 0 radical (unpaired) electrons. The summed E-state index contributed by atoms with van der Waals surface area (Å²) in [6, 6.07) is 0. The van der Waals surface area contributed by atoms with Crippen molar-refractivity contribution >= 4 is 5.78 Å². The van der Waals surface area contributed by atoms with Crippen LogP contribution >= 0.6 is 0 Å². The van der Waals surface area contributed by atoms with Gasteiger partial charge in [-0.3, -0.25) is 4.79 Å². The summed E-state index contributed by atoms with van der Waals surface area (Å²) < 4.78 is 5.98. The van der Waals surface area contributed by atoms with Gasteiger partial charge in [-0.15, -0.1) is 0 Å². The Morgan fingerprint density at radius 1 is 1.31 bits per heavy atom. The first-order valence-electron chi connectivity index (χ1n) is 6.62. The van der Waals surface area contributed by atoms with E-state index in [1.54, 1.807) is 0 Å². The van der Waals surface area contributed by atoms with E-state index in [1.807, 2.05) is 0 Å². The van der Waals surface area contributed by atoms with Gasteiger partial charge < -0.3 is 10.5 Å². The molecule has 16 heavy (non-hydrogen) atoms. The molecule has 0 aromatic heterocycles. The van der Waals surface area contributed by atoms with Gasteiger partial charge in [0.2, 0.25) is 0 Å². The SMILES string of the molecule is NCCC(=O)C1CCOC2(CCCCC2)C1. The molecule has 1 unspecified atom stereocenters. The quantitative estimate of drug-likeness (QED) is 0.799. The average Bonchev–Trinajstić information content (AvgIpc) is 2.30. The summed E-state index contributed by atoms with van der Waals surface area (Å²) in [6.07, 6.45) is 8.55. The predicted octanol–water partition coefficient (Wildman–Crippen LogP) is 2.03. The standard InChI is InChI=1S/C13H23NO2/c14-8-4-12(15)11-5-9-16-13(10-11)6-2-1-3-7-13/h11H,1-10,14H2. The first kappa shape index (κ1) is 12.1. The van der Waals surface area contributed by atoms with Crippen LogP contribution in [0.2, 0.25) is 0 Å². The number of ketones is 1. The number of ether oxygens (including phenoxy) is 1. The second-order valence-electron chi connectivity index (χ2n) is 5.29. The van der Waals surface area contributed by atoms with Crippen LogP contribution in [0.1, 0.15) is 51.4 Å². The van der Waals surface area contributed by atoms with Crippen molar-refractivity contribution in [2.24, 2.45) is 11.7 Å². The molecule has 92 valence electrons. The third-order valence-corrected chi connectivity index (χ3v) is 4.10. The lowest BCUT2D eigenvalue weighted by atomic mass is 9.74. The van der Waals surface area contributed by atoms with Crippen LogP contribution in [-0.4, -0.2) is 24.5 Å². The molecular formula is C13H23NO2. The topological polar surface area (TPSA) is 52.3 Å². The van der Waals surface area contributed by atoms with E-state index in [2.05, 4.69) is 0 Å². The monoisotopic (exact) mass is 225 g/mol. The molecule has 2 fully saturated rings. The summed E-state index contributed by atoms with van der Waals surface area (Å²) >= 11 is 0. The van der Waals surface area contributed by atoms with Crippen molar-refractivity contribution in [1.29, 1.82) is 0 Å². The molecule has 0 bridgehead atoms. The van der Waals surface area contributed by atoms with Crippen LogP contribution in [-0.2, 0) is 9.53 Å². The molecule has 2 rings (SSSR count). The molecule has 3 nitrogen and oxygen atoms in total. The Morgan fingerprint density at radius 2 is 2.06 bits per heavy atom. The van der Waals surface area contributed by atoms with Crippen molar-refractivity contribution in [3.63, 3.8) is 0 Å². The smallest absolute Gasteiger partial charge is 0.137 e. The van der Waals surface area contributed by atoms with E-state index in [4.69, 9.17) is 10.5 Å². The minimum atomic E-state index is 0.0470. The Hall–Kier alpha value is -0.410. The van der Waals surface area contributed by atoms with Gasteiger partial charge >= 0.3 is 0 Å². The third-order valence-electron chi connectivity index (χ3n) is 4.10. The largest absolute Gasteiger partial charge is 0.375 e. The van der Waals surface area contributed by atoms with Gasteiger partial charge in [-0.05, 0) is 32.2 Å². The van der Waals surface area contributed by atoms with Crippen molar-refractivity contribution < 1.29 is 9.53 Å². The molecule has 0 aromatic rings.